The zero-order valence-electron chi connectivity index (χ0n) is 19.1. The Morgan fingerprint density at radius 3 is 2.32 bits per heavy atom. The first kappa shape index (κ1) is 21.7. The molecular weight excluding hydrogens is 406 g/mol. The Balaban J connectivity index is 1.57. The summed E-state index contributed by atoms with van der Waals surface area (Å²) in [6, 6.07) is 8.64. The van der Waals surface area contributed by atoms with Crippen LogP contribution in [0.1, 0.15) is 50.4 Å². The van der Waals surface area contributed by atoms with Gasteiger partial charge in [-0.15, -0.1) is 0 Å². The van der Waals surface area contributed by atoms with Crippen molar-refractivity contribution in [3.05, 3.63) is 62.9 Å². The predicted molar refractivity (Wildman–Crippen MR) is 125 cm³/mol. The third-order valence-corrected chi connectivity index (χ3v) is 7.33. The van der Waals surface area contributed by atoms with Crippen molar-refractivity contribution < 1.29 is 4.79 Å². The van der Waals surface area contributed by atoms with Gasteiger partial charge in [-0.2, -0.15) is 5.10 Å². The molecule has 0 radical (unpaired) electrons. The fourth-order valence-corrected chi connectivity index (χ4v) is 5.15. The van der Waals surface area contributed by atoms with Crippen molar-refractivity contribution in [2.24, 2.45) is 0 Å². The number of carbonyl (C=O) groups excluding carboxylic acids is 1. The Bertz CT molecular complexity index is 1070. The van der Waals surface area contributed by atoms with Gasteiger partial charge >= 0.3 is 0 Å². The van der Waals surface area contributed by atoms with Crippen molar-refractivity contribution in [2.75, 3.05) is 32.7 Å². The van der Waals surface area contributed by atoms with E-state index < -0.39 is 0 Å². The minimum atomic E-state index is 0.0958. The van der Waals surface area contributed by atoms with Crippen molar-refractivity contribution in [3.63, 3.8) is 0 Å². The number of thiazole rings is 1. The highest BCUT2D eigenvalue weighted by atomic mass is 32.1. The van der Waals surface area contributed by atoms with Crippen molar-refractivity contribution in [1.82, 2.24) is 24.6 Å². The second-order valence-corrected chi connectivity index (χ2v) is 9.34. The van der Waals surface area contributed by atoms with Crippen molar-refractivity contribution in [3.8, 4) is 5.13 Å². The van der Waals surface area contributed by atoms with E-state index in [0.717, 1.165) is 66.2 Å². The number of amides is 1. The lowest BCUT2D eigenvalue weighted by Crippen LogP contribution is -2.48. The third kappa shape index (κ3) is 4.43. The Hall–Kier alpha value is -2.51. The normalized spacial score (nSPS) is 14.9. The van der Waals surface area contributed by atoms with Crippen LogP contribution in [0.25, 0.3) is 5.13 Å². The number of hydrogen-bond donors (Lipinski definition) is 0. The van der Waals surface area contributed by atoms with Crippen molar-refractivity contribution in [2.45, 2.75) is 41.0 Å². The van der Waals surface area contributed by atoms with E-state index >= 15 is 0 Å². The molecule has 0 atom stereocenters. The van der Waals surface area contributed by atoms with Gasteiger partial charge in [-0.05, 0) is 39.8 Å². The van der Waals surface area contributed by atoms with Gasteiger partial charge in [0, 0.05) is 43.9 Å². The number of benzene rings is 1. The highest BCUT2D eigenvalue weighted by molar-refractivity contribution is 7.16. The van der Waals surface area contributed by atoms with Gasteiger partial charge in [0.05, 0.1) is 11.4 Å². The summed E-state index contributed by atoms with van der Waals surface area (Å²) in [4.78, 5) is 22.9. The summed E-state index contributed by atoms with van der Waals surface area (Å²) in [5, 5.41) is 5.54. The second-order valence-electron chi connectivity index (χ2n) is 8.36. The van der Waals surface area contributed by atoms with Gasteiger partial charge in [0.15, 0.2) is 0 Å². The number of nitrogens with zero attached hydrogens (tertiary/aromatic N) is 5. The molecule has 0 saturated carbocycles. The van der Waals surface area contributed by atoms with Crippen LogP contribution < -0.4 is 0 Å². The first-order chi connectivity index (χ1) is 14.9. The molecule has 1 aromatic carbocycles. The summed E-state index contributed by atoms with van der Waals surface area (Å²) in [6.45, 7) is 14.8. The molecule has 3 aromatic rings. The minimum Gasteiger partial charge on any atom is -0.335 e. The lowest BCUT2D eigenvalue weighted by molar-refractivity contribution is 0.0647. The Kier molecular flexibility index (Phi) is 6.25. The molecule has 3 heterocycles. The largest absolute Gasteiger partial charge is 0.335 e. The van der Waals surface area contributed by atoms with Gasteiger partial charge in [0.2, 0.25) is 5.13 Å². The number of likely N-dealkylation sites (N-methyl/N-ethyl adjacent to an activating group) is 1. The van der Waals surface area contributed by atoms with Gasteiger partial charge in [-0.1, -0.05) is 48.1 Å². The van der Waals surface area contributed by atoms with Crippen LogP contribution in [0.2, 0.25) is 0 Å². The molecule has 1 amide bonds. The first-order valence-electron chi connectivity index (χ1n) is 11.0. The molecule has 1 aliphatic heterocycles. The van der Waals surface area contributed by atoms with E-state index in [4.69, 9.17) is 10.1 Å². The maximum absolute atomic E-state index is 13.1. The van der Waals surface area contributed by atoms with E-state index in [0.29, 0.717) is 0 Å². The molecule has 0 N–H and O–H groups in total. The molecule has 0 bridgehead atoms. The molecule has 0 aliphatic carbocycles. The summed E-state index contributed by atoms with van der Waals surface area (Å²) in [6.07, 6.45) is 0.843. The summed E-state index contributed by atoms with van der Waals surface area (Å²) >= 11 is 1.45. The molecule has 6 nitrogen and oxygen atoms in total. The van der Waals surface area contributed by atoms with Crippen LogP contribution in [-0.4, -0.2) is 63.2 Å². The van der Waals surface area contributed by atoms with Crippen LogP contribution in [0.5, 0.6) is 0 Å². The van der Waals surface area contributed by atoms with E-state index in [2.05, 4.69) is 49.9 Å². The lowest BCUT2D eigenvalue weighted by Gasteiger charge is -2.33. The maximum atomic E-state index is 13.1. The summed E-state index contributed by atoms with van der Waals surface area (Å²) in [7, 11) is 0. The number of hydrogen-bond acceptors (Lipinski definition) is 5. The highest BCUT2D eigenvalue weighted by Gasteiger charge is 2.26. The number of rotatable bonds is 5. The van der Waals surface area contributed by atoms with Crippen LogP contribution in [0.15, 0.2) is 24.3 Å². The monoisotopic (exact) mass is 437 g/mol. The predicted octanol–water partition coefficient (Wildman–Crippen LogP) is 3.93. The Morgan fingerprint density at radius 2 is 1.68 bits per heavy atom. The molecule has 164 valence electrons. The first-order valence-corrected chi connectivity index (χ1v) is 11.8. The van der Waals surface area contributed by atoms with Gasteiger partial charge in [-0.25, -0.2) is 9.67 Å². The fraction of sp³-hybridized carbons (Fsp3) is 0.458. The van der Waals surface area contributed by atoms with Crippen molar-refractivity contribution in [1.29, 1.82) is 0 Å². The Morgan fingerprint density at radius 1 is 1.00 bits per heavy atom. The molecule has 1 saturated heterocycles. The summed E-state index contributed by atoms with van der Waals surface area (Å²) in [5.74, 6) is 0.0958. The van der Waals surface area contributed by atoms with Gasteiger partial charge < -0.3 is 9.80 Å². The minimum absolute atomic E-state index is 0.0958. The van der Waals surface area contributed by atoms with Crippen LogP contribution in [-0.2, 0) is 6.42 Å². The van der Waals surface area contributed by atoms with E-state index in [1.165, 1.54) is 28.0 Å². The molecule has 0 spiro atoms. The van der Waals surface area contributed by atoms with E-state index in [1.807, 2.05) is 23.4 Å². The number of aromatic nitrogens is 3. The topological polar surface area (TPSA) is 54.3 Å². The highest BCUT2D eigenvalue weighted by Crippen LogP contribution is 2.27. The molecule has 1 fully saturated rings. The molecular formula is C24H31N5OS. The molecule has 7 heteroatoms. The maximum Gasteiger partial charge on any atom is 0.266 e. The molecule has 1 aliphatic rings. The second kappa shape index (κ2) is 8.93. The number of carbonyl (C=O) groups is 1. The zero-order chi connectivity index (χ0) is 22.1. The van der Waals surface area contributed by atoms with Crippen LogP contribution in [0, 0.1) is 27.7 Å². The standard InChI is InChI=1S/C24H31N5OS/c1-6-27-11-13-28(14-12-27)23(30)22-18(4)25-24(31-22)29-19(5)21(17(3)26-29)15-20-9-7-16(2)8-10-20/h7-10H,6,11-15H2,1-5H3. The Labute approximate surface area is 188 Å². The van der Waals surface area contributed by atoms with Crippen molar-refractivity contribution >= 4 is 17.2 Å². The molecule has 2 aromatic heterocycles. The summed E-state index contributed by atoms with van der Waals surface area (Å²) < 4.78 is 1.91. The van der Waals surface area contributed by atoms with E-state index in [1.54, 1.807) is 0 Å². The van der Waals surface area contributed by atoms with E-state index in [9.17, 15) is 4.79 Å². The van der Waals surface area contributed by atoms with E-state index in [-0.39, 0.29) is 5.91 Å². The number of aryl methyl sites for hydroxylation is 3. The fourth-order valence-electron chi connectivity index (χ4n) is 4.11. The van der Waals surface area contributed by atoms with Crippen LogP contribution in [0.4, 0.5) is 0 Å². The average molecular weight is 438 g/mol. The zero-order valence-corrected chi connectivity index (χ0v) is 19.9. The van der Waals surface area contributed by atoms with Crippen LogP contribution >= 0.6 is 11.3 Å². The van der Waals surface area contributed by atoms with Gasteiger partial charge in [0.1, 0.15) is 4.88 Å². The smallest absolute Gasteiger partial charge is 0.266 e. The molecule has 0 unspecified atom stereocenters. The molecule has 31 heavy (non-hydrogen) atoms. The quantitative estimate of drug-likeness (QED) is 0.607. The summed E-state index contributed by atoms with van der Waals surface area (Å²) in [5.41, 5.74) is 6.64. The lowest BCUT2D eigenvalue weighted by atomic mass is 10.0. The average Bonchev–Trinajstić information content (AvgIpc) is 3.29. The van der Waals surface area contributed by atoms with Crippen LogP contribution in [0.3, 0.4) is 0 Å². The van der Waals surface area contributed by atoms with Gasteiger partial charge in [0.25, 0.3) is 5.91 Å². The SMILES string of the molecule is CCN1CCN(C(=O)c2sc(-n3nc(C)c(Cc4ccc(C)cc4)c3C)nc2C)CC1. The third-order valence-electron chi connectivity index (χ3n) is 6.21. The molecule has 4 rings (SSSR count). The van der Waals surface area contributed by atoms with Gasteiger partial charge in [-0.3, -0.25) is 4.79 Å². The number of piperazine rings is 1.